The fourth-order valence-electron chi connectivity index (χ4n) is 2.65. The third-order valence-electron chi connectivity index (χ3n) is 4.53. The maximum absolute atomic E-state index is 12.4. The lowest BCUT2D eigenvalue weighted by Gasteiger charge is -2.14. The molecule has 0 aliphatic heterocycles. The number of carbonyl (C=O) groups is 2. The molecule has 29 heavy (non-hydrogen) atoms. The van der Waals surface area contributed by atoms with Crippen LogP contribution < -0.4 is 10.1 Å². The molecule has 2 aromatic carbocycles. The van der Waals surface area contributed by atoms with Gasteiger partial charge in [0.2, 0.25) is 0 Å². The van der Waals surface area contributed by atoms with Crippen LogP contribution in [0.1, 0.15) is 28.7 Å². The summed E-state index contributed by atoms with van der Waals surface area (Å²) in [7, 11) is 1.57. The van der Waals surface area contributed by atoms with Crippen LogP contribution in [0.25, 0.3) is 11.4 Å². The Hall–Kier alpha value is -3.61. The van der Waals surface area contributed by atoms with E-state index in [9.17, 15) is 9.59 Å². The molecule has 1 heterocycles. The number of esters is 1. The first kappa shape index (κ1) is 20.1. The normalized spacial score (nSPS) is 11.6. The van der Waals surface area contributed by atoms with Gasteiger partial charge in [-0.2, -0.15) is 0 Å². The molecule has 0 saturated heterocycles. The highest BCUT2D eigenvalue weighted by molar-refractivity contribution is 5.97. The number of nitrogens with zero attached hydrogens (tertiary/aromatic N) is 1. The Morgan fingerprint density at radius 2 is 1.69 bits per heavy atom. The summed E-state index contributed by atoms with van der Waals surface area (Å²) < 4.78 is 10.4. The summed E-state index contributed by atoms with van der Waals surface area (Å²) >= 11 is 0. The van der Waals surface area contributed by atoms with Crippen LogP contribution in [0.2, 0.25) is 0 Å². The summed E-state index contributed by atoms with van der Waals surface area (Å²) in [5.74, 6) is 0.445. The number of hydrogen-bond donors (Lipinski definition) is 2. The highest BCUT2D eigenvalue weighted by Crippen LogP contribution is 2.19. The predicted octanol–water partition coefficient (Wildman–Crippen LogP) is 3.89. The number of hydrogen-bond acceptors (Lipinski definition) is 5. The van der Waals surface area contributed by atoms with Crippen molar-refractivity contribution in [3.05, 3.63) is 65.5 Å². The number of imidazole rings is 1. The van der Waals surface area contributed by atoms with Gasteiger partial charge >= 0.3 is 5.97 Å². The van der Waals surface area contributed by atoms with E-state index in [1.807, 2.05) is 13.8 Å². The van der Waals surface area contributed by atoms with E-state index in [4.69, 9.17) is 9.47 Å². The van der Waals surface area contributed by atoms with Gasteiger partial charge in [0.1, 0.15) is 11.6 Å². The summed E-state index contributed by atoms with van der Waals surface area (Å²) in [6, 6.07) is 13.8. The largest absolute Gasteiger partial charge is 0.497 e. The Bertz CT molecular complexity index is 988. The van der Waals surface area contributed by atoms with Gasteiger partial charge in [0, 0.05) is 16.9 Å². The number of H-pyrrole nitrogens is 1. The molecule has 3 rings (SSSR count). The van der Waals surface area contributed by atoms with Crippen molar-refractivity contribution in [1.29, 1.82) is 0 Å². The standard InChI is InChI=1S/C22H23N3O4/c1-13-14(2)24-20(23-13)16-5-7-17(8-6-16)22(27)29-15(3)21(26)25-18-9-11-19(28-4)12-10-18/h5-12,15H,1-4H3,(H,23,24)(H,25,26). The van der Waals surface area contributed by atoms with Crippen molar-refractivity contribution in [3.63, 3.8) is 0 Å². The number of aryl methyl sites for hydroxylation is 2. The minimum atomic E-state index is -0.945. The fraction of sp³-hybridized carbons (Fsp3) is 0.227. The van der Waals surface area contributed by atoms with Crippen molar-refractivity contribution in [1.82, 2.24) is 9.97 Å². The van der Waals surface area contributed by atoms with Crippen LogP contribution in [-0.4, -0.2) is 35.1 Å². The molecule has 0 saturated carbocycles. The van der Waals surface area contributed by atoms with Crippen LogP contribution in [0.3, 0.4) is 0 Å². The SMILES string of the molecule is COc1ccc(NC(=O)C(C)OC(=O)c2ccc(-c3nc(C)c(C)[nH]3)cc2)cc1. The lowest BCUT2D eigenvalue weighted by molar-refractivity contribution is -0.123. The number of rotatable bonds is 6. The highest BCUT2D eigenvalue weighted by atomic mass is 16.5. The maximum atomic E-state index is 12.4. The third kappa shape index (κ3) is 4.82. The van der Waals surface area contributed by atoms with Gasteiger partial charge in [-0.1, -0.05) is 12.1 Å². The molecule has 0 fully saturated rings. The first-order valence-electron chi connectivity index (χ1n) is 9.17. The fourth-order valence-corrected chi connectivity index (χ4v) is 2.65. The first-order valence-corrected chi connectivity index (χ1v) is 9.17. The van der Waals surface area contributed by atoms with Gasteiger partial charge < -0.3 is 19.8 Å². The summed E-state index contributed by atoms with van der Waals surface area (Å²) in [4.78, 5) is 32.3. The summed E-state index contributed by atoms with van der Waals surface area (Å²) in [5, 5.41) is 2.70. The molecule has 0 spiro atoms. The van der Waals surface area contributed by atoms with E-state index in [0.29, 0.717) is 17.0 Å². The quantitative estimate of drug-likeness (QED) is 0.620. The number of amides is 1. The summed E-state index contributed by atoms with van der Waals surface area (Å²) in [5.41, 5.74) is 3.74. The Balaban J connectivity index is 1.60. The van der Waals surface area contributed by atoms with Crippen molar-refractivity contribution >= 4 is 17.6 Å². The van der Waals surface area contributed by atoms with Crippen molar-refractivity contribution in [2.24, 2.45) is 0 Å². The summed E-state index contributed by atoms with van der Waals surface area (Å²) in [6.07, 6.45) is -0.945. The minimum absolute atomic E-state index is 0.359. The molecule has 3 aromatic rings. The number of methoxy groups -OCH3 is 1. The van der Waals surface area contributed by atoms with E-state index in [-0.39, 0.29) is 0 Å². The van der Waals surface area contributed by atoms with E-state index >= 15 is 0 Å². The van der Waals surface area contributed by atoms with Crippen LogP contribution in [0, 0.1) is 13.8 Å². The lowest BCUT2D eigenvalue weighted by atomic mass is 10.1. The predicted molar refractivity (Wildman–Crippen MR) is 110 cm³/mol. The topological polar surface area (TPSA) is 93.3 Å². The van der Waals surface area contributed by atoms with Gasteiger partial charge in [-0.15, -0.1) is 0 Å². The van der Waals surface area contributed by atoms with Crippen LogP contribution in [0.5, 0.6) is 5.75 Å². The zero-order chi connectivity index (χ0) is 21.0. The van der Waals surface area contributed by atoms with Gasteiger partial charge in [0.25, 0.3) is 5.91 Å². The monoisotopic (exact) mass is 393 g/mol. The molecule has 2 N–H and O–H groups in total. The van der Waals surface area contributed by atoms with Crippen molar-refractivity contribution in [3.8, 4) is 17.1 Å². The molecule has 0 aliphatic rings. The number of benzene rings is 2. The molecule has 1 aromatic heterocycles. The Labute approximate surface area is 169 Å². The number of anilines is 1. The second-order valence-electron chi connectivity index (χ2n) is 6.64. The van der Waals surface area contributed by atoms with Crippen molar-refractivity contribution < 1.29 is 19.1 Å². The molecular formula is C22H23N3O4. The average molecular weight is 393 g/mol. The van der Waals surface area contributed by atoms with Gasteiger partial charge in [-0.05, 0) is 57.2 Å². The molecule has 7 heteroatoms. The number of aromatic amines is 1. The van der Waals surface area contributed by atoms with E-state index in [1.165, 1.54) is 6.92 Å². The Morgan fingerprint density at radius 3 is 2.24 bits per heavy atom. The molecular weight excluding hydrogens is 370 g/mol. The first-order chi connectivity index (χ1) is 13.9. The van der Waals surface area contributed by atoms with Gasteiger partial charge in [0.15, 0.2) is 6.10 Å². The minimum Gasteiger partial charge on any atom is -0.497 e. The molecule has 1 amide bonds. The van der Waals surface area contributed by atoms with Gasteiger partial charge in [-0.3, -0.25) is 4.79 Å². The van der Waals surface area contributed by atoms with E-state index < -0.39 is 18.0 Å². The van der Waals surface area contributed by atoms with Gasteiger partial charge in [0.05, 0.1) is 18.4 Å². The van der Waals surface area contributed by atoms with Crippen LogP contribution in [-0.2, 0) is 9.53 Å². The van der Waals surface area contributed by atoms with Crippen LogP contribution >= 0.6 is 0 Å². The highest BCUT2D eigenvalue weighted by Gasteiger charge is 2.19. The second-order valence-corrected chi connectivity index (χ2v) is 6.64. The molecule has 1 atom stereocenters. The Morgan fingerprint density at radius 1 is 1.03 bits per heavy atom. The number of ether oxygens (including phenoxy) is 2. The molecule has 1 unspecified atom stereocenters. The van der Waals surface area contributed by atoms with Crippen LogP contribution in [0.15, 0.2) is 48.5 Å². The lowest BCUT2D eigenvalue weighted by Crippen LogP contribution is -2.30. The molecule has 7 nitrogen and oxygen atoms in total. The number of carbonyl (C=O) groups excluding carboxylic acids is 2. The molecule has 150 valence electrons. The van der Waals surface area contributed by atoms with Crippen molar-refractivity contribution in [2.45, 2.75) is 26.9 Å². The zero-order valence-electron chi connectivity index (χ0n) is 16.8. The zero-order valence-corrected chi connectivity index (χ0v) is 16.8. The van der Waals surface area contributed by atoms with E-state index in [2.05, 4.69) is 15.3 Å². The van der Waals surface area contributed by atoms with Crippen LogP contribution in [0.4, 0.5) is 5.69 Å². The number of nitrogens with one attached hydrogen (secondary N) is 2. The smallest absolute Gasteiger partial charge is 0.338 e. The Kier molecular flexibility index (Phi) is 5.97. The maximum Gasteiger partial charge on any atom is 0.338 e. The van der Waals surface area contributed by atoms with E-state index in [1.54, 1.807) is 55.6 Å². The summed E-state index contributed by atoms with van der Waals surface area (Å²) in [6.45, 7) is 5.41. The van der Waals surface area contributed by atoms with Crippen molar-refractivity contribution in [2.75, 3.05) is 12.4 Å². The average Bonchev–Trinajstić information content (AvgIpc) is 3.07. The molecule has 0 aliphatic carbocycles. The molecule has 0 bridgehead atoms. The van der Waals surface area contributed by atoms with Gasteiger partial charge in [-0.25, -0.2) is 9.78 Å². The third-order valence-corrected chi connectivity index (χ3v) is 4.53. The van der Waals surface area contributed by atoms with E-state index in [0.717, 1.165) is 22.8 Å². The number of aromatic nitrogens is 2. The second kappa shape index (κ2) is 8.60. The molecule has 0 radical (unpaired) electrons.